The lowest BCUT2D eigenvalue weighted by Gasteiger charge is -2.51. The average molecular weight is 659 g/mol. The standard InChI is InChI=1S/C35H42Cl2FN3O4/c1-5-41(4)31(43)27-9-6-20(19-45-27)16-26(42)23-18-34(13-11-33(2,3)12-14-34)35(28(23)22-10-15-39-30(37)29(22)38)24-8-7-21(36)17-25(24)40-32(35)44/h7-8,10,15,17,20,23,27-28H,5-6,9,11-14,16,18-19H2,1-4H3,(H,40,44)/t20-,23-,27-,28-,35+/m0/s1. The molecule has 0 bridgehead atoms. The van der Waals surface area contributed by atoms with E-state index in [0.29, 0.717) is 43.1 Å². The Balaban J connectivity index is 1.42. The molecule has 2 aliphatic heterocycles. The van der Waals surface area contributed by atoms with Crippen molar-refractivity contribution in [3.05, 3.63) is 57.6 Å². The number of pyridine rings is 1. The number of carbonyl (C=O) groups is 3. The van der Waals surface area contributed by atoms with E-state index >= 15 is 4.39 Å². The van der Waals surface area contributed by atoms with Crippen molar-refractivity contribution in [3.63, 3.8) is 0 Å². The second kappa shape index (κ2) is 11.9. The van der Waals surface area contributed by atoms with Gasteiger partial charge in [0.05, 0.1) is 12.0 Å². The normalized spacial score (nSPS) is 29.9. The maximum Gasteiger partial charge on any atom is 0.251 e. The number of nitrogens with one attached hydrogen (secondary N) is 1. The van der Waals surface area contributed by atoms with Crippen LogP contribution in [0.25, 0.3) is 0 Å². The van der Waals surface area contributed by atoms with Crippen LogP contribution in [0.4, 0.5) is 10.1 Å². The van der Waals surface area contributed by atoms with Gasteiger partial charge < -0.3 is 15.0 Å². The van der Waals surface area contributed by atoms with E-state index in [2.05, 4.69) is 24.1 Å². The van der Waals surface area contributed by atoms with Crippen molar-refractivity contribution < 1.29 is 23.5 Å². The highest BCUT2D eigenvalue weighted by molar-refractivity contribution is 6.31. The minimum atomic E-state index is -1.19. The first-order valence-electron chi connectivity index (χ1n) is 16.1. The second-order valence-corrected chi connectivity index (χ2v) is 15.3. The van der Waals surface area contributed by atoms with Crippen LogP contribution in [0.2, 0.25) is 10.2 Å². The van der Waals surface area contributed by atoms with Crippen molar-refractivity contribution in [2.75, 3.05) is 25.5 Å². The summed E-state index contributed by atoms with van der Waals surface area (Å²) in [6.45, 7) is 7.31. The summed E-state index contributed by atoms with van der Waals surface area (Å²) in [6, 6.07) is 7.00. The highest BCUT2D eigenvalue weighted by Crippen LogP contribution is 2.72. The molecule has 2 aromatic rings. The van der Waals surface area contributed by atoms with Gasteiger partial charge in [0, 0.05) is 48.8 Å². The fraction of sp³-hybridized carbons (Fsp3) is 0.600. The van der Waals surface area contributed by atoms with Crippen molar-refractivity contribution in [1.82, 2.24) is 9.88 Å². The second-order valence-electron chi connectivity index (χ2n) is 14.5. The fourth-order valence-corrected chi connectivity index (χ4v) is 9.24. The number of anilines is 1. The van der Waals surface area contributed by atoms with E-state index in [9.17, 15) is 14.4 Å². The molecule has 1 N–H and O–H groups in total. The Morgan fingerprint density at radius 3 is 2.53 bits per heavy atom. The molecule has 3 heterocycles. The molecule has 5 atom stereocenters. The van der Waals surface area contributed by atoms with Crippen molar-refractivity contribution >= 4 is 46.5 Å². The number of hydrogen-bond donors (Lipinski definition) is 1. The Morgan fingerprint density at radius 2 is 1.87 bits per heavy atom. The van der Waals surface area contributed by atoms with Crippen LogP contribution in [0.3, 0.4) is 0 Å². The van der Waals surface area contributed by atoms with Crippen molar-refractivity contribution in [2.24, 2.45) is 22.7 Å². The lowest BCUT2D eigenvalue weighted by atomic mass is 9.51. The minimum absolute atomic E-state index is 0.00677. The molecule has 1 aromatic carbocycles. The summed E-state index contributed by atoms with van der Waals surface area (Å²) in [5.41, 5.74) is -0.0476. The number of rotatable bonds is 6. The predicted octanol–water partition coefficient (Wildman–Crippen LogP) is 7.34. The molecule has 7 nitrogen and oxygen atoms in total. The number of Topliss-reactive ketones (excluding diaryl/α,β-unsaturated/α-hetero) is 1. The Labute approximate surface area is 274 Å². The van der Waals surface area contributed by atoms with Crippen LogP contribution in [-0.4, -0.2) is 53.8 Å². The summed E-state index contributed by atoms with van der Waals surface area (Å²) in [5.74, 6) is -2.43. The number of aromatic nitrogens is 1. The number of nitrogens with zero attached hydrogens (tertiary/aromatic N) is 2. The van der Waals surface area contributed by atoms with Crippen LogP contribution in [0.5, 0.6) is 0 Å². The summed E-state index contributed by atoms with van der Waals surface area (Å²) in [6.07, 6.45) is 6.12. The van der Waals surface area contributed by atoms with E-state index in [1.807, 2.05) is 13.0 Å². The van der Waals surface area contributed by atoms with Gasteiger partial charge in [-0.1, -0.05) is 43.1 Å². The van der Waals surface area contributed by atoms with Gasteiger partial charge in [-0.25, -0.2) is 9.37 Å². The van der Waals surface area contributed by atoms with E-state index in [0.717, 1.165) is 31.2 Å². The average Bonchev–Trinajstić information content (AvgIpc) is 3.47. The third-order valence-electron chi connectivity index (χ3n) is 11.5. The molecule has 1 saturated heterocycles. The zero-order chi connectivity index (χ0) is 32.3. The molecule has 1 aromatic heterocycles. The molecule has 3 fully saturated rings. The van der Waals surface area contributed by atoms with Crippen LogP contribution in [0.1, 0.15) is 89.2 Å². The maximum absolute atomic E-state index is 16.1. The number of benzene rings is 1. The Kier molecular flexibility index (Phi) is 8.58. The molecule has 2 saturated carbocycles. The molecule has 2 spiro atoms. The van der Waals surface area contributed by atoms with Gasteiger partial charge in [-0.05, 0) is 97.9 Å². The molecule has 6 rings (SSSR count). The highest BCUT2D eigenvalue weighted by atomic mass is 35.5. The van der Waals surface area contributed by atoms with Crippen LogP contribution in [0, 0.1) is 28.5 Å². The minimum Gasteiger partial charge on any atom is -0.368 e. The number of likely N-dealkylation sites (N-methyl/N-ethyl adjacent to an activating group) is 1. The Morgan fingerprint density at radius 1 is 1.13 bits per heavy atom. The smallest absolute Gasteiger partial charge is 0.251 e. The largest absolute Gasteiger partial charge is 0.368 e. The molecule has 10 heteroatoms. The summed E-state index contributed by atoms with van der Waals surface area (Å²) in [5, 5.41) is 3.32. The molecule has 0 radical (unpaired) electrons. The third kappa shape index (κ3) is 5.29. The van der Waals surface area contributed by atoms with Crippen molar-refractivity contribution in [1.29, 1.82) is 0 Å². The molecule has 4 aliphatic rings. The Bertz CT molecular complexity index is 1510. The van der Waals surface area contributed by atoms with E-state index in [4.69, 9.17) is 27.9 Å². The lowest BCUT2D eigenvalue weighted by Crippen LogP contribution is -2.52. The summed E-state index contributed by atoms with van der Waals surface area (Å²) in [7, 11) is 1.76. The van der Waals surface area contributed by atoms with E-state index < -0.39 is 34.6 Å². The number of fused-ring (bicyclic) bond motifs is 3. The zero-order valence-electron chi connectivity index (χ0n) is 26.4. The van der Waals surface area contributed by atoms with Gasteiger partial charge in [-0.2, -0.15) is 0 Å². The predicted molar refractivity (Wildman–Crippen MR) is 172 cm³/mol. The monoisotopic (exact) mass is 657 g/mol. The van der Waals surface area contributed by atoms with Gasteiger partial charge in [0.25, 0.3) is 5.91 Å². The van der Waals surface area contributed by atoms with Crippen molar-refractivity contribution in [2.45, 2.75) is 89.6 Å². The first kappa shape index (κ1) is 32.4. The number of ether oxygens (including phenoxy) is 1. The third-order valence-corrected chi connectivity index (χ3v) is 12.0. The van der Waals surface area contributed by atoms with Gasteiger partial charge in [0.1, 0.15) is 11.9 Å². The van der Waals surface area contributed by atoms with Gasteiger partial charge in [0.15, 0.2) is 11.0 Å². The quantitative estimate of drug-likeness (QED) is 0.328. The molecule has 45 heavy (non-hydrogen) atoms. The number of carbonyl (C=O) groups excluding carboxylic acids is 3. The first-order chi connectivity index (χ1) is 21.3. The topological polar surface area (TPSA) is 88.6 Å². The molecule has 242 valence electrons. The highest BCUT2D eigenvalue weighted by Gasteiger charge is 2.72. The number of halogens is 3. The number of amides is 2. The van der Waals surface area contributed by atoms with Crippen LogP contribution in [-0.2, 0) is 24.5 Å². The number of ketones is 1. The molecular formula is C35H42Cl2FN3O4. The van der Waals surface area contributed by atoms with Gasteiger partial charge in [-0.3, -0.25) is 14.4 Å². The van der Waals surface area contributed by atoms with Gasteiger partial charge >= 0.3 is 0 Å². The summed E-state index contributed by atoms with van der Waals surface area (Å²) in [4.78, 5) is 47.5. The fourth-order valence-electron chi connectivity index (χ4n) is 8.90. The zero-order valence-corrected chi connectivity index (χ0v) is 27.9. The Hall–Kier alpha value is -2.55. The summed E-state index contributed by atoms with van der Waals surface area (Å²) < 4.78 is 22.1. The first-order valence-corrected chi connectivity index (χ1v) is 16.9. The summed E-state index contributed by atoms with van der Waals surface area (Å²) >= 11 is 12.7. The van der Waals surface area contributed by atoms with E-state index in [1.165, 1.54) is 6.20 Å². The van der Waals surface area contributed by atoms with E-state index in [-0.39, 0.29) is 46.1 Å². The SMILES string of the molecule is CCN(C)C(=O)[C@@H]1CC[C@@H](CC(=O)[C@@H]2CC3(CCC(C)(C)CC3)[C@@]3(C(=O)Nc4cc(Cl)ccc43)[C@H]2c2ccnc(Cl)c2F)CO1. The maximum atomic E-state index is 16.1. The molecule has 0 unspecified atom stereocenters. The number of hydrogen-bond acceptors (Lipinski definition) is 5. The molecule has 2 aliphatic carbocycles. The van der Waals surface area contributed by atoms with E-state index in [1.54, 1.807) is 30.1 Å². The molecular weight excluding hydrogens is 616 g/mol. The van der Waals surface area contributed by atoms with Gasteiger partial charge in [-0.15, -0.1) is 0 Å². The molecule has 2 amide bonds. The lowest BCUT2D eigenvalue weighted by molar-refractivity contribution is -0.147. The van der Waals surface area contributed by atoms with Gasteiger partial charge in [0.2, 0.25) is 5.91 Å². The van der Waals surface area contributed by atoms with Crippen LogP contribution >= 0.6 is 23.2 Å². The van der Waals surface area contributed by atoms with Crippen LogP contribution in [0.15, 0.2) is 30.5 Å². The van der Waals surface area contributed by atoms with Crippen molar-refractivity contribution in [3.8, 4) is 0 Å². The van der Waals surface area contributed by atoms with Crippen LogP contribution < -0.4 is 5.32 Å².